The van der Waals surface area contributed by atoms with Crippen molar-refractivity contribution in [2.24, 2.45) is 0 Å². The second-order valence-electron chi connectivity index (χ2n) is 3.30. The predicted molar refractivity (Wildman–Crippen MR) is 54.8 cm³/mol. The normalized spacial score (nSPS) is 14.7. The van der Waals surface area contributed by atoms with Crippen molar-refractivity contribution < 1.29 is 9.84 Å². The Kier molecular flexibility index (Phi) is 8.54. The first-order valence-corrected chi connectivity index (χ1v) is 5.01. The summed E-state index contributed by atoms with van der Waals surface area (Å²) in [5.74, 6) is 0. The summed E-state index contributed by atoms with van der Waals surface area (Å²) >= 11 is 0. The number of methoxy groups -OCH3 is 1. The number of hydrogen-bond acceptors (Lipinski definition) is 4. The van der Waals surface area contributed by atoms with E-state index in [1.807, 2.05) is 6.92 Å². The third kappa shape index (κ3) is 5.92. The Morgan fingerprint density at radius 3 is 2.64 bits per heavy atom. The molecule has 4 nitrogen and oxygen atoms in total. The minimum Gasteiger partial charge on any atom is -0.396 e. The van der Waals surface area contributed by atoms with Crippen LogP contribution in [0.2, 0.25) is 0 Å². The third-order valence-corrected chi connectivity index (χ3v) is 2.15. The van der Waals surface area contributed by atoms with Crippen LogP contribution in [-0.2, 0) is 4.74 Å². The summed E-state index contributed by atoms with van der Waals surface area (Å²) in [7, 11) is 1.64. The van der Waals surface area contributed by atoms with Gasteiger partial charge in [-0.3, -0.25) is 0 Å². The molecule has 0 radical (unpaired) electrons. The molecule has 0 aromatic carbocycles. The molecule has 0 aliphatic carbocycles. The van der Waals surface area contributed by atoms with Gasteiger partial charge in [0.25, 0.3) is 0 Å². The van der Waals surface area contributed by atoms with E-state index < -0.39 is 0 Å². The average Bonchev–Trinajstić information content (AvgIpc) is 2.18. The zero-order chi connectivity index (χ0) is 10.8. The van der Waals surface area contributed by atoms with Crippen molar-refractivity contribution in [2.45, 2.75) is 38.3 Å². The molecular formula is C10H20N2O2. The highest BCUT2D eigenvalue weighted by Gasteiger charge is 2.12. The van der Waals surface area contributed by atoms with Crippen LogP contribution >= 0.6 is 0 Å². The van der Waals surface area contributed by atoms with E-state index in [4.69, 9.17) is 15.1 Å². The van der Waals surface area contributed by atoms with Gasteiger partial charge in [-0.15, -0.1) is 0 Å². The number of ether oxygens (including phenoxy) is 1. The largest absolute Gasteiger partial charge is 0.396 e. The Hall–Kier alpha value is -0.630. The Morgan fingerprint density at radius 2 is 2.21 bits per heavy atom. The number of nitriles is 1. The lowest BCUT2D eigenvalue weighted by atomic mass is 10.1. The fraction of sp³-hybridized carbons (Fsp3) is 0.900. The van der Waals surface area contributed by atoms with Crippen LogP contribution in [0.4, 0.5) is 0 Å². The van der Waals surface area contributed by atoms with E-state index in [0.29, 0.717) is 19.4 Å². The minimum atomic E-state index is 0.142. The lowest BCUT2D eigenvalue weighted by Gasteiger charge is -2.22. The average molecular weight is 200 g/mol. The van der Waals surface area contributed by atoms with Crippen molar-refractivity contribution in [2.75, 3.05) is 20.3 Å². The molecule has 4 heteroatoms. The molecule has 14 heavy (non-hydrogen) atoms. The van der Waals surface area contributed by atoms with Gasteiger partial charge in [-0.1, -0.05) is 6.92 Å². The van der Waals surface area contributed by atoms with Gasteiger partial charge in [-0.25, -0.2) is 0 Å². The van der Waals surface area contributed by atoms with E-state index in [9.17, 15) is 0 Å². The minimum absolute atomic E-state index is 0.142. The van der Waals surface area contributed by atoms with Crippen LogP contribution in [0.25, 0.3) is 0 Å². The highest BCUT2D eigenvalue weighted by Crippen LogP contribution is 2.01. The number of nitrogens with zero attached hydrogens (tertiary/aromatic N) is 1. The van der Waals surface area contributed by atoms with Gasteiger partial charge in [0.15, 0.2) is 0 Å². The fourth-order valence-corrected chi connectivity index (χ4v) is 1.34. The van der Waals surface area contributed by atoms with E-state index in [2.05, 4.69) is 11.4 Å². The first kappa shape index (κ1) is 13.4. The predicted octanol–water partition coefficient (Wildman–Crippen LogP) is 0.666. The molecule has 0 amide bonds. The van der Waals surface area contributed by atoms with Crippen LogP contribution in [0.5, 0.6) is 0 Å². The van der Waals surface area contributed by atoms with Gasteiger partial charge in [0, 0.05) is 25.8 Å². The van der Waals surface area contributed by atoms with E-state index >= 15 is 0 Å². The summed E-state index contributed by atoms with van der Waals surface area (Å²) in [5.41, 5.74) is 0. The quantitative estimate of drug-likeness (QED) is 0.604. The third-order valence-electron chi connectivity index (χ3n) is 2.15. The Labute approximate surface area is 85.9 Å². The molecule has 2 atom stereocenters. The molecule has 0 spiro atoms. The smallest absolute Gasteiger partial charge is 0.0638 e. The molecule has 0 aromatic heterocycles. The Balaban J connectivity index is 3.91. The molecule has 0 fully saturated rings. The molecule has 0 aromatic rings. The van der Waals surface area contributed by atoms with Gasteiger partial charge in [0.05, 0.1) is 19.1 Å². The molecular weight excluding hydrogens is 180 g/mol. The highest BCUT2D eigenvalue weighted by molar-refractivity contribution is 4.82. The van der Waals surface area contributed by atoms with E-state index in [1.165, 1.54) is 0 Å². The first-order chi connectivity index (χ1) is 6.78. The van der Waals surface area contributed by atoms with Crippen LogP contribution in [-0.4, -0.2) is 37.5 Å². The summed E-state index contributed by atoms with van der Waals surface area (Å²) in [5, 5.41) is 20.7. The summed E-state index contributed by atoms with van der Waals surface area (Å²) < 4.78 is 5.02. The maximum atomic E-state index is 8.82. The topological polar surface area (TPSA) is 65.3 Å². The van der Waals surface area contributed by atoms with Gasteiger partial charge in [0.2, 0.25) is 0 Å². The van der Waals surface area contributed by atoms with Crippen LogP contribution in [0, 0.1) is 11.3 Å². The molecule has 2 unspecified atom stereocenters. The summed E-state index contributed by atoms with van der Waals surface area (Å²) in [6, 6.07) is 2.49. The zero-order valence-corrected chi connectivity index (χ0v) is 8.99. The molecule has 2 N–H and O–H groups in total. The second-order valence-corrected chi connectivity index (χ2v) is 3.30. The molecule has 0 heterocycles. The SMILES string of the molecule is CCC(CC#N)NC(CCO)COC. The zero-order valence-electron chi connectivity index (χ0n) is 8.99. The number of hydrogen-bond donors (Lipinski definition) is 2. The maximum Gasteiger partial charge on any atom is 0.0638 e. The van der Waals surface area contributed by atoms with Gasteiger partial charge in [-0.2, -0.15) is 5.26 Å². The maximum absolute atomic E-state index is 8.82. The van der Waals surface area contributed by atoms with Crippen LogP contribution in [0.3, 0.4) is 0 Å². The highest BCUT2D eigenvalue weighted by atomic mass is 16.5. The van der Waals surface area contributed by atoms with Crippen molar-refractivity contribution in [1.82, 2.24) is 5.32 Å². The first-order valence-electron chi connectivity index (χ1n) is 5.01. The van der Waals surface area contributed by atoms with Gasteiger partial charge >= 0.3 is 0 Å². The van der Waals surface area contributed by atoms with Crippen molar-refractivity contribution in [1.29, 1.82) is 5.26 Å². The fourth-order valence-electron chi connectivity index (χ4n) is 1.34. The Morgan fingerprint density at radius 1 is 1.50 bits per heavy atom. The van der Waals surface area contributed by atoms with Crippen LogP contribution in [0.15, 0.2) is 0 Å². The van der Waals surface area contributed by atoms with Gasteiger partial charge in [0.1, 0.15) is 0 Å². The van der Waals surface area contributed by atoms with Gasteiger partial charge < -0.3 is 15.2 Å². The Bertz CT molecular complexity index is 162. The molecule has 0 bridgehead atoms. The van der Waals surface area contributed by atoms with E-state index in [0.717, 1.165) is 6.42 Å². The van der Waals surface area contributed by atoms with Crippen LogP contribution < -0.4 is 5.32 Å². The summed E-state index contributed by atoms with van der Waals surface area (Å²) in [6.07, 6.45) is 2.08. The molecule has 82 valence electrons. The molecule has 0 saturated heterocycles. The molecule has 0 aliphatic rings. The lowest BCUT2D eigenvalue weighted by molar-refractivity contribution is 0.142. The monoisotopic (exact) mass is 200 g/mol. The van der Waals surface area contributed by atoms with E-state index in [-0.39, 0.29) is 18.7 Å². The van der Waals surface area contributed by atoms with Gasteiger partial charge in [-0.05, 0) is 12.8 Å². The number of rotatable bonds is 8. The second kappa shape index (κ2) is 8.95. The summed E-state index contributed by atoms with van der Waals surface area (Å²) in [6.45, 7) is 2.75. The number of nitrogens with one attached hydrogen (secondary N) is 1. The molecule has 0 saturated carbocycles. The van der Waals surface area contributed by atoms with Crippen molar-refractivity contribution in [3.05, 3.63) is 0 Å². The standard InChI is InChI=1S/C10H20N2O2/c1-3-9(4-6-11)12-10(5-7-13)8-14-2/h9-10,12-13H,3-5,7-8H2,1-2H3. The summed E-state index contributed by atoms with van der Waals surface area (Å²) in [4.78, 5) is 0. The van der Waals surface area contributed by atoms with Crippen molar-refractivity contribution >= 4 is 0 Å². The van der Waals surface area contributed by atoms with E-state index in [1.54, 1.807) is 7.11 Å². The number of aliphatic hydroxyl groups is 1. The van der Waals surface area contributed by atoms with Crippen LogP contribution in [0.1, 0.15) is 26.2 Å². The van der Waals surface area contributed by atoms with Crippen molar-refractivity contribution in [3.8, 4) is 6.07 Å². The molecule has 0 aliphatic heterocycles. The lowest BCUT2D eigenvalue weighted by Crippen LogP contribution is -2.41. The van der Waals surface area contributed by atoms with Crippen molar-refractivity contribution in [3.63, 3.8) is 0 Å². The molecule has 0 rings (SSSR count). The number of aliphatic hydroxyl groups excluding tert-OH is 1.